The van der Waals surface area contributed by atoms with E-state index in [0.29, 0.717) is 5.92 Å². The predicted molar refractivity (Wildman–Crippen MR) is 49.9 cm³/mol. The van der Waals surface area contributed by atoms with Crippen LogP contribution in [0.25, 0.3) is 0 Å². The van der Waals surface area contributed by atoms with Gasteiger partial charge in [0.15, 0.2) is 0 Å². The van der Waals surface area contributed by atoms with Crippen molar-refractivity contribution in [3.63, 3.8) is 0 Å². The molecule has 70 valence electrons. The van der Waals surface area contributed by atoms with Crippen molar-refractivity contribution in [2.45, 2.75) is 57.5 Å². The van der Waals surface area contributed by atoms with Crippen LogP contribution in [0.3, 0.4) is 0 Å². The topological polar surface area (TPSA) is 20.2 Å². The van der Waals surface area contributed by atoms with Gasteiger partial charge in [0.25, 0.3) is 0 Å². The molecule has 3 atom stereocenters. The van der Waals surface area contributed by atoms with Gasteiger partial charge in [0.1, 0.15) is 0 Å². The zero-order chi connectivity index (χ0) is 8.39. The number of aliphatic hydroxyl groups excluding tert-OH is 1. The summed E-state index contributed by atoms with van der Waals surface area (Å²) in [6, 6.07) is 0. The molecule has 12 heavy (non-hydrogen) atoms. The summed E-state index contributed by atoms with van der Waals surface area (Å²) in [6.45, 7) is 0. The number of fused-ring (bicyclic) bond motifs is 1. The third-order valence-electron chi connectivity index (χ3n) is 3.55. The zero-order valence-corrected chi connectivity index (χ0v) is 7.84. The van der Waals surface area contributed by atoms with Gasteiger partial charge in [-0.15, -0.1) is 0 Å². The number of hydrogen-bond acceptors (Lipinski definition) is 1. The monoisotopic (exact) mass is 168 g/mol. The van der Waals surface area contributed by atoms with Gasteiger partial charge in [0.05, 0.1) is 6.10 Å². The second kappa shape index (κ2) is 3.78. The van der Waals surface area contributed by atoms with Crippen LogP contribution >= 0.6 is 0 Å². The summed E-state index contributed by atoms with van der Waals surface area (Å²) in [7, 11) is 0. The molecule has 0 spiro atoms. The number of aliphatic hydroxyl groups is 1. The van der Waals surface area contributed by atoms with Crippen LogP contribution in [0, 0.1) is 11.8 Å². The number of rotatable bonds is 0. The van der Waals surface area contributed by atoms with Gasteiger partial charge in [-0.2, -0.15) is 0 Å². The van der Waals surface area contributed by atoms with E-state index in [1.165, 1.54) is 44.9 Å². The maximum atomic E-state index is 9.74. The van der Waals surface area contributed by atoms with E-state index in [4.69, 9.17) is 0 Å². The van der Waals surface area contributed by atoms with E-state index < -0.39 is 0 Å². The SMILES string of the molecule is OC1CCCCCCC[C@@H]2C[C@@H]12. The van der Waals surface area contributed by atoms with Gasteiger partial charge in [-0.05, 0) is 24.7 Å². The summed E-state index contributed by atoms with van der Waals surface area (Å²) < 4.78 is 0. The molecule has 0 aromatic carbocycles. The molecular weight excluding hydrogens is 148 g/mol. The van der Waals surface area contributed by atoms with E-state index in [1.807, 2.05) is 0 Å². The fourth-order valence-corrected chi connectivity index (χ4v) is 2.58. The molecule has 0 aromatic heterocycles. The molecule has 0 amide bonds. The summed E-state index contributed by atoms with van der Waals surface area (Å²) >= 11 is 0. The van der Waals surface area contributed by atoms with Crippen molar-refractivity contribution in [2.24, 2.45) is 11.8 Å². The van der Waals surface area contributed by atoms with E-state index >= 15 is 0 Å². The molecule has 2 rings (SSSR count). The summed E-state index contributed by atoms with van der Waals surface area (Å²) in [4.78, 5) is 0. The van der Waals surface area contributed by atoms with E-state index in [0.717, 1.165) is 12.3 Å². The average Bonchev–Trinajstić information content (AvgIpc) is 2.82. The lowest BCUT2D eigenvalue weighted by molar-refractivity contribution is 0.129. The molecule has 1 nitrogen and oxygen atoms in total. The molecule has 1 unspecified atom stereocenters. The summed E-state index contributed by atoms with van der Waals surface area (Å²) in [5, 5.41) is 9.74. The Bertz CT molecular complexity index is 144. The van der Waals surface area contributed by atoms with Crippen LogP contribution in [-0.2, 0) is 0 Å². The summed E-state index contributed by atoms with van der Waals surface area (Å²) in [5.41, 5.74) is 0. The minimum Gasteiger partial charge on any atom is -0.393 e. The van der Waals surface area contributed by atoms with Gasteiger partial charge in [0.2, 0.25) is 0 Å². The van der Waals surface area contributed by atoms with Crippen molar-refractivity contribution < 1.29 is 5.11 Å². The molecule has 0 radical (unpaired) electrons. The minimum atomic E-state index is 0.0492. The second-order valence-electron chi connectivity index (χ2n) is 4.57. The van der Waals surface area contributed by atoms with Gasteiger partial charge in [-0.3, -0.25) is 0 Å². The third-order valence-corrected chi connectivity index (χ3v) is 3.55. The Labute approximate surface area is 75.2 Å². The Hall–Kier alpha value is -0.0400. The molecular formula is C11H20O. The zero-order valence-electron chi connectivity index (χ0n) is 7.84. The average molecular weight is 168 g/mol. The summed E-state index contributed by atoms with van der Waals surface area (Å²) in [5.74, 6) is 1.60. The predicted octanol–water partition coefficient (Wildman–Crippen LogP) is 2.73. The first kappa shape index (κ1) is 8.55. The molecule has 0 aliphatic heterocycles. The lowest BCUT2D eigenvalue weighted by atomic mass is 9.99. The highest BCUT2D eigenvalue weighted by Crippen LogP contribution is 2.46. The second-order valence-corrected chi connectivity index (χ2v) is 4.57. The molecule has 0 aromatic rings. The molecule has 1 heteroatoms. The lowest BCUT2D eigenvalue weighted by Crippen LogP contribution is -2.11. The molecule has 2 aliphatic carbocycles. The Morgan fingerprint density at radius 1 is 0.833 bits per heavy atom. The van der Waals surface area contributed by atoms with Crippen molar-refractivity contribution in [3.8, 4) is 0 Å². The van der Waals surface area contributed by atoms with Crippen LogP contribution in [0.1, 0.15) is 51.4 Å². The van der Waals surface area contributed by atoms with Gasteiger partial charge in [-0.1, -0.05) is 38.5 Å². The van der Waals surface area contributed by atoms with Gasteiger partial charge < -0.3 is 5.11 Å². The molecule has 2 aliphatic rings. The van der Waals surface area contributed by atoms with Crippen molar-refractivity contribution >= 4 is 0 Å². The highest BCUT2D eigenvalue weighted by Gasteiger charge is 2.41. The van der Waals surface area contributed by atoms with Crippen LogP contribution in [0.5, 0.6) is 0 Å². The largest absolute Gasteiger partial charge is 0.393 e. The Balaban J connectivity index is 1.80. The standard InChI is InChI=1S/C11H20O/c12-11-7-5-3-1-2-4-6-9-8-10(9)11/h9-12H,1-8H2/t9-,10-,11?/m1/s1. The Morgan fingerprint density at radius 2 is 1.50 bits per heavy atom. The van der Waals surface area contributed by atoms with Crippen molar-refractivity contribution in [3.05, 3.63) is 0 Å². The van der Waals surface area contributed by atoms with E-state index in [-0.39, 0.29) is 6.10 Å². The van der Waals surface area contributed by atoms with E-state index in [1.54, 1.807) is 0 Å². The lowest BCUT2D eigenvalue weighted by Gasteiger charge is -2.12. The first-order valence-corrected chi connectivity index (χ1v) is 5.56. The third kappa shape index (κ3) is 2.01. The van der Waals surface area contributed by atoms with Crippen molar-refractivity contribution in [1.82, 2.24) is 0 Å². The maximum Gasteiger partial charge on any atom is 0.0571 e. The highest BCUT2D eigenvalue weighted by molar-refractivity contribution is 4.91. The van der Waals surface area contributed by atoms with Crippen LogP contribution in [0.15, 0.2) is 0 Å². The molecule has 2 saturated carbocycles. The van der Waals surface area contributed by atoms with E-state index in [9.17, 15) is 5.11 Å². The fraction of sp³-hybridized carbons (Fsp3) is 1.00. The van der Waals surface area contributed by atoms with Crippen molar-refractivity contribution in [1.29, 1.82) is 0 Å². The van der Waals surface area contributed by atoms with Crippen LogP contribution in [-0.4, -0.2) is 11.2 Å². The first-order valence-electron chi connectivity index (χ1n) is 5.56. The Kier molecular flexibility index (Phi) is 2.69. The normalized spacial score (nSPS) is 43.2. The minimum absolute atomic E-state index is 0.0492. The van der Waals surface area contributed by atoms with Crippen LogP contribution in [0.2, 0.25) is 0 Å². The molecule has 1 N–H and O–H groups in total. The van der Waals surface area contributed by atoms with Crippen LogP contribution in [0.4, 0.5) is 0 Å². The molecule has 0 bridgehead atoms. The highest BCUT2D eigenvalue weighted by atomic mass is 16.3. The number of hydrogen-bond donors (Lipinski definition) is 1. The quantitative estimate of drug-likeness (QED) is 0.589. The van der Waals surface area contributed by atoms with Gasteiger partial charge in [-0.25, -0.2) is 0 Å². The van der Waals surface area contributed by atoms with Gasteiger partial charge in [0, 0.05) is 0 Å². The molecule has 0 heterocycles. The summed E-state index contributed by atoms with van der Waals surface area (Å²) in [6.07, 6.45) is 10.7. The van der Waals surface area contributed by atoms with Gasteiger partial charge >= 0.3 is 0 Å². The van der Waals surface area contributed by atoms with Crippen LogP contribution < -0.4 is 0 Å². The van der Waals surface area contributed by atoms with Crippen molar-refractivity contribution in [2.75, 3.05) is 0 Å². The molecule has 2 fully saturated rings. The fourth-order valence-electron chi connectivity index (χ4n) is 2.58. The molecule has 0 saturated heterocycles. The first-order chi connectivity index (χ1) is 5.88. The maximum absolute atomic E-state index is 9.74. The van der Waals surface area contributed by atoms with E-state index in [2.05, 4.69) is 0 Å². The Morgan fingerprint density at radius 3 is 2.33 bits per heavy atom. The smallest absolute Gasteiger partial charge is 0.0571 e.